The first-order chi connectivity index (χ1) is 8.83. The molecular weight excluding hydrogens is 310 g/mol. The van der Waals surface area contributed by atoms with Gasteiger partial charge in [-0.2, -0.15) is 0 Å². The Labute approximate surface area is 119 Å². The van der Waals surface area contributed by atoms with Crippen molar-refractivity contribution in [2.45, 2.75) is 32.9 Å². The summed E-state index contributed by atoms with van der Waals surface area (Å²) in [6.45, 7) is 5.89. The van der Waals surface area contributed by atoms with Crippen LogP contribution in [0.15, 0.2) is 22.9 Å². The predicted molar refractivity (Wildman–Crippen MR) is 76.9 cm³/mol. The van der Waals surface area contributed by atoms with Gasteiger partial charge < -0.3 is 15.0 Å². The number of amides is 1. The maximum absolute atomic E-state index is 11.5. The highest BCUT2D eigenvalue weighted by molar-refractivity contribution is 9.10. The Morgan fingerprint density at radius 1 is 1.47 bits per heavy atom. The van der Waals surface area contributed by atoms with E-state index in [9.17, 15) is 4.79 Å². The molecule has 0 fully saturated rings. The van der Waals surface area contributed by atoms with Crippen molar-refractivity contribution < 1.29 is 9.53 Å². The molecule has 0 saturated heterocycles. The topological polar surface area (TPSA) is 67.0 Å². The van der Waals surface area contributed by atoms with Crippen LogP contribution in [0.4, 0.5) is 4.79 Å². The van der Waals surface area contributed by atoms with E-state index < -0.39 is 11.7 Å². The molecule has 2 rings (SSSR count). The van der Waals surface area contributed by atoms with Crippen LogP contribution < -0.4 is 5.32 Å². The number of carbonyl (C=O) groups excluding carboxylic acids is 1. The second-order valence-corrected chi connectivity index (χ2v) is 6.06. The van der Waals surface area contributed by atoms with E-state index in [1.54, 1.807) is 6.20 Å². The number of hydrogen-bond donors (Lipinski definition) is 2. The monoisotopic (exact) mass is 325 g/mol. The molecule has 0 aliphatic carbocycles. The molecule has 19 heavy (non-hydrogen) atoms. The van der Waals surface area contributed by atoms with Gasteiger partial charge in [0, 0.05) is 22.8 Å². The summed E-state index contributed by atoms with van der Waals surface area (Å²) in [5.74, 6) is 0. The van der Waals surface area contributed by atoms with Gasteiger partial charge in [-0.25, -0.2) is 9.78 Å². The lowest BCUT2D eigenvalue weighted by molar-refractivity contribution is 0.0523. The van der Waals surface area contributed by atoms with Crippen molar-refractivity contribution in [3.05, 3.63) is 28.6 Å². The van der Waals surface area contributed by atoms with Crippen LogP contribution in [0.1, 0.15) is 26.5 Å². The normalized spacial score (nSPS) is 11.6. The molecule has 0 radical (unpaired) electrons. The third-order valence-corrected chi connectivity index (χ3v) is 2.78. The summed E-state index contributed by atoms with van der Waals surface area (Å²) in [7, 11) is 0. The Balaban J connectivity index is 2.00. The Kier molecular flexibility index (Phi) is 3.80. The number of fused-ring (bicyclic) bond motifs is 1. The Hall–Kier alpha value is -1.56. The van der Waals surface area contributed by atoms with Crippen LogP contribution in [-0.2, 0) is 11.3 Å². The first-order valence-corrected chi connectivity index (χ1v) is 6.73. The summed E-state index contributed by atoms with van der Waals surface area (Å²) in [5.41, 5.74) is 1.39. The van der Waals surface area contributed by atoms with Crippen molar-refractivity contribution in [3.63, 3.8) is 0 Å². The minimum Gasteiger partial charge on any atom is -0.444 e. The largest absolute Gasteiger partial charge is 0.444 e. The number of hydrogen-bond acceptors (Lipinski definition) is 3. The fraction of sp³-hybridized carbons (Fsp3) is 0.385. The number of halogens is 1. The van der Waals surface area contributed by atoms with Gasteiger partial charge >= 0.3 is 6.09 Å². The Morgan fingerprint density at radius 3 is 2.89 bits per heavy atom. The molecule has 6 heteroatoms. The van der Waals surface area contributed by atoms with Gasteiger partial charge in [-0.05, 0) is 48.8 Å². The number of ether oxygens (including phenoxy) is 1. The Morgan fingerprint density at radius 2 is 2.21 bits per heavy atom. The highest BCUT2D eigenvalue weighted by atomic mass is 79.9. The van der Waals surface area contributed by atoms with Crippen LogP contribution in [0.3, 0.4) is 0 Å². The number of alkyl carbamates (subject to hydrolysis) is 1. The molecule has 0 aliphatic rings. The molecule has 2 N–H and O–H groups in total. The lowest BCUT2D eigenvalue weighted by Crippen LogP contribution is -2.32. The number of H-pyrrole nitrogens is 1. The quantitative estimate of drug-likeness (QED) is 0.832. The van der Waals surface area contributed by atoms with E-state index in [2.05, 4.69) is 31.2 Å². The second-order valence-electron chi connectivity index (χ2n) is 5.24. The van der Waals surface area contributed by atoms with Gasteiger partial charge in [0.25, 0.3) is 0 Å². The zero-order valence-corrected chi connectivity index (χ0v) is 12.7. The van der Waals surface area contributed by atoms with Crippen LogP contribution in [-0.4, -0.2) is 21.7 Å². The average Bonchev–Trinajstić information content (AvgIpc) is 2.66. The third kappa shape index (κ3) is 3.96. The fourth-order valence-corrected chi connectivity index (χ4v) is 1.97. The molecule has 1 amide bonds. The molecule has 2 heterocycles. The van der Waals surface area contributed by atoms with E-state index in [0.29, 0.717) is 6.54 Å². The standard InChI is InChI=1S/C13H16BrN3O2/c1-13(2,3)19-12(18)16-7-9-4-8-6-15-11(14)5-10(8)17-9/h4-6,17H,7H2,1-3H3,(H,16,18). The minimum absolute atomic E-state index is 0.390. The molecule has 102 valence electrons. The van der Waals surface area contributed by atoms with E-state index in [0.717, 1.165) is 21.2 Å². The highest BCUT2D eigenvalue weighted by Gasteiger charge is 2.15. The lowest BCUT2D eigenvalue weighted by atomic mass is 10.2. The molecule has 0 saturated carbocycles. The summed E-state index contributed by atoms with van der Waals surface area (Å²) in [4.78, 5) is 18.9. The molecule has 0 unspecified atom stereocenters. The Bertz CT molecular complexity index is 601. The molecule has 2 aromatic heterocycles. The molecule has 5 nitrogen and oxygen atoms in total. The van der Waals surface area contributed by atoms with Crippen LogP contribution in [0, 0.1) is 0 Å². The zero-order chi connectivity index (χ0) is 14.0. The van der Waals surface area contributed by atoms with Gasteiger partial charge in [-0.3, -0.25) is 0 Å². The number of carbonyl (C=O) groups is 1. The molecule has 0 aliphatic heterocycles. The van der Waals surface area contributed by atoms with Crippen LogP contribution in [0.5, 0.6) is 0 Å². The first-order valence-electron chi connectivity index (χ1n) is 5.93. The number of aromatic nitrogens is 2. The van der Waals surface area contributed by atoms with Gasteiger partial charge in [0.15, 0.2) is 0 Å². The summed E-state index contributed by atoms with van der Waals surface area (Å²) >= 11 is 3.32. The van der Waals surface area contributed by atoms with E-state index in [4.69, 9.17) is 4.74 Å². The van der Waals surface area contributed by atoms with E-state index >= 15 is 0 Å². The van der Waals surface area contributed by atoms with Crippen LogP contribution >= 0.6 is 15.9 Å². The molecule has 2 aromatic rings. The number of rotatable bonds is 2. The molecule has 0 atom stereocenters. The maximum Gasteiger partial charge on any atom is 0.407 e. The molecule has 0 bridgehead atoms. The summed E-state index contributed by atoms with van der Waals surface area (Å²) in [5, 5.41) is 3.71. The summed E-state index contributed by atoms with van der Waals surface area (Å²) in [6.07, 6.45) is 1.35. The molecular formula is C13H16BrN3O2. The maximum atomic E-state index is 11.5. The fourth-order valence-electron chi connectivity index (χ4n) is 1.64. The second kappa shape index (κ2) is 5.21. The predicted octanol–water partition coefficient (Wildman–Crippen LogP) is 3.35. The lowest BCUT2D eigenvalue weighted by Gasteiger charge is -2.19. The van der Waals surface area contributed by atoms with Gasteiger partial charge in [-0.1, -0.05) is 0 Å². The van der Waals surface area contributed by atoms with Crippen molar-refractivity contribution in [3.8, 4) is 0 Å². The van der Waals surface area contributed by atoms with Gasteiger partial charge in [0.1, 0.15) is 10.2 Å². The van der Waals surface area contributed by atoms with E-state index in [-0.39, 0.29) is 0 Å². The van der Waals surface area contributed by atoms with E-state index in [1.807, 2.05) is 32.9 Å². The number of nitrogens with one attached hydrogen (secondary N) is 2. The number of pyridine rings is 1. The van der Waals surface area contributed by atoms with Crippen LogP contribution in [0.25, 0.3) is 10.9 Å². The summed E-state index contributed by atoms with van der Waals surface area (Å²) in [6, 6.07) is 3.85. The van der Waals surface area contributed by atoms with Crippen molar-refractivity contribution in [2.75, 3.05) is 0 Å². The highest BCUT2D eigenvalue weighted by Crippen LogP contribution is 2.18. The van der Waals surface area contributed by atoms with Gasteiger partial charge in [-0.15, -0.1) is 0 Å². The number of nitrogens with zero attached hydrogens (tertiary/aromatic N) is 1. The molecule has 0 spiro atoms. The summed E-state index contributed by atoms with van der Waals surface area (Å²) < 4.78 is 5.94. The smallest absolute Gasteiger partial charge is 0.407 e. The minimum atomic E-state index is -0.487. The average molecular weight is 326 g/mol. The van der Waals surface area contributed by atoms with E-state index in [1.165, 1.54) is 0 Å². The zero-order valence-electron chi connectivity index (χ0n) is 11.1. The SMILES string of the molecule is CC(C)(C)OC(=O)NCc1cc2cnc(Br)cc2[nH]1. The van der Waals surface area contributed by atoms with Crippen molar-refractivity contribution in [1.82, 2.24) is 15.3 Å². The van der Waals surface area contributed by atoms with Crippen molar-refractivity contribution >= 4 is 32.9 Å². The van der Waals surface area contributed by atoms with Crippen molar-refractivity contribution in [1.29, 1.82) is 0 Å². The van der Waals surface area contributed by atoms with Crippen LogP contribution in [0.2, 0.25) is 0 Å². The number of aromatic amines is 1. The van der Waals surface area contributed by atoms with Gasteiger partial charge in [0.05, 0.1) is 6.54 Å². The van der Waals surface area contributed by atoms with Crippen molar-refractivity contribution in [2.24, 2.45) is 0 Å². The first kappa shape index (κ1) is 13.9. The van der Waals surface area contributed by atoms with Gasteiger partial charge in [0.2, 0.25) is 0 Å². The third-order valence-electron chi connectivity index (χ3n) is 2.35. The molecule has 0 aromatic carbocycles.